The molecule has 2 heterocycles. The van der Waals surface area contributed by atoms with Gasteiger partial charge in [0.1, 0.15) is 15.4 Å². The fourth-order valence-electron chi connectivity index (χ4n) is 2.35. The fraction of sp³-hybridized carbons (Fsp3) is 0.333. The van der Waals surface area contributed by atoms with E-state index in [1.807, 2.05) is 28.8 Å². The van der Waals surface area contributed by atoms with Gasteiger partial charge in [0.15, 0.2) is 0 Å². The molecule has 0 unspecified atom stereocenters. The van der Waals surface area contributed by atoms with Crippen LogP contribution in [0.15, 0.2) is 36.8 Å². The molecule has 2 aromatic heterocycles. The number of rotatable bonds is 6. The molecule has 3 aromatic rings. The van der Waals surface area contributed by atoms with Crippen LogP contribution in [0.3, 0.4) is 0 Å². The van der Waals surface area contributed by atoms with Crippen LogP contribution in [0.5, 0.6) is 0 Å². The van der Waals surface area contributed by atoms with E-state index in [4.69, 9.17) is 4.74 Å². The number of para-hydroxylation sites is 1. The average Bonchev–Trinajstić information content (AvgIpc) is 2.89. The van der Waals surface area contributed by atoms with Gasteiger partial charge >= 0.3 is 0 Å². The van der Waals surface area contributed by atoms with Crippen molar-refractivity contribution in [1.82, 2.24) is 14.5 Å². The van der Waals surface area contributed by atoms with E-state index >= 15 is 0 Å². The van der Waals surface area contributed by atoms with Crippen LogP contribution in [-0.4, -0.2) is 48.2 Å². The van der Waals surface area contributed by atoms with Crippen molar-refractivity contribution in [3.8, 4) is 0 Å². The third kappa shape index (κ3) is 3.26. The van der Waals surface area contributed by atoms with Crippen molar-refractivity contribution in [3.63, 3.8) is 0 Å². The molecule has 0 aliphatic heterocycles. The van der Waals surface area contributed by atoms with E-state index in [1.54, 1.807) is 12.5 Å². The van der Waals surface area contributed by atoms with Crippen molar-refractivity contribution < 1.29 is 13.2 Å². The number of pyridine rings is 1. The number of hydrogen-bond acceptors (Lipinski definition) is 5. The first-order valence-corrected chi connectivity index (χ1v) is 9.05. The number of benzene rings is 1. The van der Waals surface area contributed by atoms with Gasteiger partial charge in [-0.25, -0.2) is 13.4 Å². The molecule has 3 rings (SSSR count). The van der Waals surface area contributed by atoms with E-state index in [0.717, 1.165) is 21.9 Å². The Labute approximate surface area is 128 Å². The first kappa shape index (κ1) is 14.9. The minimum absolute atomic E-state index is 0.0462. The van der Waals surface area contributed by atoms with Gasteiger partial charge in [0.2, 0.25) is 0 Å². The van der Waals surface area contributed by atoms with Crippen molar-refractivity contribution in [2.45, 2.75) is 6.54 Å². The monoisotopic (exact) mass is 319 g/mol. The summed E-state index contributed by atoms with van der Waals surface area (Å²) in [6.45, 7) is 1.28. The molecule has 0 amide bonds. The van der Waals surface area contributed by atoms with Crippen LogP contribution in [0.1, 0.15) is 0 Å². The van der Waals surface area contributed by atoms with E-state index in [0.29, 0.717) is 13.2 Å². The summed E-state index contributed by atoms with van der Waals surface area (Å²) in [6, 6.07) is 7.92. The molecular formula is C15H17N3O3S. The zero-order valence-electron chi connectivity index (χ0n) is 12.3. The summed E-state index contributed by atoms with van der Waals surface area (Å²) in [5.41, 5.74) is 2.79. The van der Waals surface area contributed by atoms with E-state index in [1.165, 1.54) is 6.26 Å². The number of nitrogens with zero attached hydrogens (tertiary/aromatic N) is 3. The van der Waals surface area contributed by atoms with Crippen molar-refractivity contribution in [3.05, 3.63) is 36.8 Å². The minimum atomic E-state index is -2.97. The molecule has 0 radical (unpaired) electrons. The predicted molar refractivity (Wildman–Crippen MR) is 85.6 cm³/mol. The van der Waals surface area contributed by atoms with E-state index < -0.39 is 9.84 Å². The van der Waals surface area contributed by atoms with Crippen LogP contribution in [0, 0.1) is 0 Å². The second-order valence-electron chi connectivity index (χ2n) is 5.19. The minimum Gasteiger partial charge on any atom is -0.379 e. The fourth-order valence-corrected chi connectivity index (χ4v) is 2.77. The Morgan fingerprint density at radius 3 is 2.77 bits per heavy atom. The molecule has 7 heteroatoms. The molecule has 0 spiro atoms. The van der Waals surface area contributed by atoms with Gasteiger partial charge in [-0.15, -0.1) is 0 Å². The lowest BCUT2D eigenvalue weighted by Crippen LogP contribution is -2.13. The number of aromatic nitrogens is 3. The molecule has 0 N–H and O–H groups in total. The molecule has 0 aliphatic rings. The molecule has 0 aliphatic carbocycles. The smallest absolute Gasteiger partial charge is 0.149 e. The zero-order chi connectivity index (χ0) is 15.6. The number of imidazole rings is 1. The Bertz CT molecular complexity index is 903. The number of ether oxygens (including phenoxy) is 1. The van der Waals surface area contributed by atoms with Crippen molar-refractivity contribution >= 4 is 31.8 Å². The molecule has 0 atom stereocenters. The van der Waals surface area contributed by atoms with Gasteiger partial charge < -0.3 is 9.30 Å². The van der Waals surface area contributed by atoms with E-state index in [2.05, 4.69) is 9.97 Å². The van der Waals surface area contributed by atoms with Gasteiger partial charge in [-0.2, -0.15) is 0 Å². The summed E-state index contributed by atoms with van der Waals surface area (Å²) < 4.78 is 29.5. The highest BCUT2D eigenvalue weighted by atomic mass is 32.2. The third-order valence-electron chi connectivity index (χ3n) is 3.43. The molecule has 22 heavy (non-hydrogen) atoms. The number of fused-ring (bicyclic) bond motifs is 3. The second kappa shape index (κ2) is 6.02. The lowest BCUT2D eigenvalue weighted by molar-refractivity contribution is 0.141. The molecule has 6 nitrogen and oxygen atoms in total. The molecule has 0 saturated heterocycles. The quantitative estimate of drug-likeness (QED) is 0.646. The second-order valence-corrected chi connectivity index (χ2v) is 7.45. The zero-order valence-corrected chi connectivity index (χ0v) is 13.1. The lowest BCUT2D eigenvalue weighted by atomic mass is 10.2. The summed E-state index contributed by atoms with van der Waals surface area (Å²) in [5, 5.41) is 1.05. The Balaban J connectivity index is 1.76. The maximum Gasteiger partial charge on any atom is 0.149 e. The highest BCUT2D eigenvalue weighted by molar-refractivity contribution is 7.90. The van der Waals surface area contributed by atoms with Crippen molar-refractivity contribution in [1.29, 1.82) is 0 Å². The van der Waals surface area contributed by atoms with Crippen LogP contribution in [0.4, 0.5) is 0 Å². The highest BCUT2D eigenvalue weighted by Crippen LogP contribution is 2.22. The largest absolute Gasteiger partial charge is 0.379 e. The molecular weight excluding hydrogens is 302 g/mol. The standard InChI is InChI=1S/C15H17N3O3S/c1-22(19,20)9-8-21-7-6-18-11-17-14-10-16-13-5-3-2-4-12(13)15(14)18/h2-5,10-11H,6-9H2,1H3. The maximum absolute atomic E-state index is 11.0. The van der Waals surface area contributed by atoms with Crippen molar-refractivity contribution in [2.24, 2.45) is 0 Å². The number of hydrogen-bond donors (Lipinski definition) is 0. The van der Waals surface area contributed by atoms with E-state index in [-0.39, 0.29) is 12.4 Å². The van der Waals surface area contributed by atoms with Gasteiger partial charge in [0, 0.05) is 18.2 Å². The summed E-state index contributed by atoms with van der Waals surface area (Å²) in [7, 11) is -2.97. The van der Waals surface area contributed by atoms with Gasteiger partial charge in [0.25, 0.3) is 0 Å². The van der Waals surface area contributed by atoms with E-state index in [9.17, 15) is 8.42 Å². The van der Waals surface area contributed by atoms with Crippen molar-refractivity contribution in [2.75, 3.05) is 25.2 Å². The van der Waals surface area contributed by atoms with Crippen LogP contribution in [0.2, 0.25) is 0 Å². The SMILES string of the molecule is CS(=O)(=O)CCOCCn1cnc2cnc3ccccc3c21. The normalized spacial score (nSPS) is 12.2. The van der Waals surface area contributed by atoms with Gasteiger partial charge in [0.05, 0.1) is 42.5 Å². The van der Waals surface area contributed by atoms with Gasteiger partial charge in [-0.1, -0.05) is 18.2 Å². The van der Waals surface area contributed by atoms with Crippen LogP contribution in [-0.2, 0) is 21.1 Å². The Morgan fingerprint density at radius 1 is 1.14 bits per heavy atom. The highest BCUT2D eigenvalue weighted by Gasteiger charge is 2.08. The molecule has 1 aromatic carbocycles. The Hall–Kier alpha value is -1.99. The van der Waals surface area contributed by atoms with Gasteiger partial charge in [-0.3, -0.25) is 4.98 Å². The first-order chi connectivity index (χ1) is 10.5. The summed E-state index contributed by atoms with van der Waals surface area (Å²) in [4.78, 5) is 8.74. The van der Waals surface area contributed by atoms with Crippen LogP contribution < -0.4 is 0 Å². The molecule has 0 saturated carbocycles. The first-order valence-electron chi connectivity index (χ1n) is 6.99. The molecule has 116 valence electrons. The predicted octanol–water partition coefficient (Wildman–Crippen LogP) is 1.65. The Morgan fingerprint density at radius 2 is 1.95 bits per heavy atom. The summed E-state index contributed by atoms with van der Waals surface area (Å²) in [5.74, 6) is 0.0462. The van der Waals surface area contributed by atoms with Crippen LogP contribution in [0.25, 0.3) is 21.9 Å². The maximum atomic E-state index is 11.0. The topological polar surface area (TPSA) is 74.1 Å². The average molecular weight is 319 g/mol. The molecule has 0 fully saturated rings. The third-order valence-corrected chi connectivity index (χ3v) is 4.33. The van der Waals surface area contributed by atoms with Gasteiger partial charge in [-0.05, 0) is 6.07 Å². The Kier molecular flexibility index (Phi) is 4.08. The summed E-state index contributed by atoms with van der Waals surface area (Å²) in [6.07, 6.45) is 4.73. The number of sulfone groups is 1. The lowest BCUT2D eigenvalue weighted by Gasteiger charge is -2.07. The van der Waals surface area contributed by atoms with Crippen LogP contribution >= 0.6 is 0 Å². The molecule has 0 bridgehead atoms. The summed E-state index contributed by atoms with van der Waals surface area (Å²) >= 11 is 0.